The second-order valence-corrected chi connectivity index (χ2v) is 13.0. The molecule has 4 atom stereocenters. The van der Waals surface area contributed by atoms with Gasteiger partial charge in [0.1, 0.15) is 30.8 Å². The number of aliphatic hydroxyl groups is 1. The summed E-state index contributed by atoms with van der Waals surface area (Å²) in [7, 11) is 4.92. The summed E-state index contributed by atoms with van der Waals surface area (Å²) in [5.41, 5.74) is 3.88. The number of hydrogen-bond acceptors (Lipinski definition) is 11. The highest BCUT2D eigenvalue weighted by Crippen LogP contribution is 2.36. The molecule has 0 bridgehead atoms. The van der Waals surface area contributed by atoms with Gasteiger partial charge in [-0.3, -0.25) is 0 Å². The first-order valence-corrected chi connectivity index (χ1v) is 18.1. The fourth-order valence-electron chi connectivity index (χ4n) is 6.58. The lowest BCUT2D eigenvalue weighted by Gasteiger charge is -2.43. The van der Waals surface area contributed by atoms with Gasteiger partial charge in [0.15, 0.2) is 0 Å². The zero-order chi connectivity index (χ0) is 36.5. The maximum Gasteiger partial charge on any atom is 0.410 e. The Morgan fingerprint density at radius 1 is 0.827 bits per heavy atom. The lowest BCUT2D eigenvalue weighted by Crippen LogP contribution is -2.55. The maximum absolute atomic E-state index is 13.6. The minimum atomic E-state index is -0.835. The average molecular weight is 723 g/mol. The zero-order valence-corrected chi connectivity index (χ0v) is 30.7. The molecule has 12 nitrogen and oxygen atoms in total. The van der Waals surface area contributed by atoms with Gasteiger partial charge in [-0.15, -0.1) is 0 Å². The zero-order valence-electron chi connectivity index (χ0n) is 30.7. The average Bonchev–Trinajstić information content (AvgIpc) is 3.17. The van der Waals surface area contributed by atoms with Crippen LogP contribution in [-0.4, -0.2) is 122 Å². The molecular weight excluding hydrogens is 668 g/mol. The highest BCUT2D eigenvalue weighted by Gasteiger charge is 2.42. The van der Waals surface area contributed by atoms with Crippen molar-refractivity contribution in [1.82, 2.24) is 4.90 Å². The number of aliphatic hydroxyl groups excluding tert-OH is 1. The van der Waals surface area contributed by atoms with Gasteiger partial charge in [-0.1, -0.05) is 48.5 Å². The summed E-state index contributed by atoms with van der Waals surface area (Å²) in [4.78, 5) is 17.6. The van der Waals surface area contributed by atoms with Gasteiger partial charge < -0.3 is 52.8 Å². The van der Waals surface area contributed by atoms with E-state index in [4.69, 9.17) is 37.9 Å². The van der Waals surface area contributed by atoms with E-state index in [0.29, 0.717) is 33.0 Å². The van der Waals surface area contributed by atoms with Crippen LogP contribution in [0.2, 0.25) is 0 Å². The molecule has 0 unspecified atom stereocenters. The standard InChI is InChI=1S/C40H54N2O10/c1-45-19-7-17-41-18-22-49-36-16-11-31(23-35(36)41)27-50-37-24-42(40(44)52-26-30-9-5-4-6-10-30)25-38(51-29-33(43)28-47-3)39(37)32-12-14-34(15-13-32)48-21-8-20-46-2/h4-6,9-16,23,33,37-39,43H,7-8,17-22,24-29H2,1-3H3/t33-,37+,38-,39-/m1/s1. The number of carbonyl (C=O) groups is 1. The third-order valence-electron chi connectivity index (χ3n) is 9.18. The molecule has 2 aliphatic heterocycles. The minimum absolute atomic E-state index is 0.0268. The van der Waals surface area contributed by atoms with E-state index in [1.54, 1.807) is 19.1 Å². The largest absolute Gasteiger partial charge is 0.494 e. The summed E-state index contributed by atoms with van der Waals surface area (Å²) in [6.45, 7) is 5.28. The van der Waals surface area contributed by atoms with E-state index < -0.39 is 24.4 Å². The summed E-state index contributed by atoms with van der Waals surface area (Å²) >= 11 is 0. The van der Waals surface area contributed by atoms with Crippen LogP contribution in [0.25, 0.3) is 0 Å². The first-order valence-electron chi connectivity index (χ1n) is 18.1. The Kier molecular flexibility index (Phi) is 15.8. The number of benzene rings is 3. The molecule has 0 aromatic heterocycles. The second-order valence-electron chi connectivity index (χ2n) is 13.0. The molecular formula is C40H54N2O10. The molecule has 12 heteroatoms. The van der Waals surface area contributed by atoms with Crippen molar-refractivity contribution in [3.63, 3.8) is 0 Å². The van der Waals surface area contributed by atoms with E-state index >= 15 is 0 Å². The van der Waals surface area contributed by atoms with Crippen LogP contribution < -0.4 is 14.4 Å². The van der Waals surface area contributed by atoms with Gasteiger partial charge in [0.2, 0.25) is 0 Å². The van der Waals surface area contributed by atoms with Crippen LogP contribution in [0, 0.1) is 0 Å². The van der Waals surface area contributed by atoms with Gasteiger partial charge in [-0.2, -0.15) is 0 Å². The number of fused-ring (bicyclic) bond motifs is 1. The lowest BCUT2D eigenvalue weighted by atomic mass is 9.84. The van der Waals surface area contributed by atoms with Crippen molar-refractivity contribution in [3.8, 4) is 11.5 Å². The third kappa shape index (κ3) is 11.5. The molecule has 3 aromatic rings. The minimum Gasteiger partial charge on any atom is -0.494 e. The molecule has 2 aliphatic rings. The smallest absolute Gasteiger partial charge is 0.410 e. The summed E-state index contributed by atoms with van der Waals surface area (Å²) < 4.78 is 46.4. The van der Waals surface area contributed by atoms with E-state index in [-0.39, 0.29) is 38.8 Å². The van der Waals surface area contributed by atoms with Crippen molar-refractivity contribution in [3.05, 3.63) is 89.5 Å². The monoisotopic (exact) mass is 722 g/mol. The molecule has 0 saturated carbocycles. The Balaban J connectivity index is 1.38. The fraction of sp³-hybridized carbons (Fsp3) is 0.525. The van der Waals surface area contributed by atoms with Gasteiger partial charge in [-0.25, -0.2) is 4.79 Å². The number of piperidine rings is 1. The summed E-state index contributed by atoms with van der Waals surface area (Å²) in [5, 5.41) is 10.6. The topological polar surface area (TPSA) is 118 Å². The van der Waals surface area contributed by atoms with Gasteiger partial charge >= 0.3 is 6.09 Å². The number of amides is 1. The molecule has 0 aliphatic carbocycles. The van der Waals surface area contributed by atoms with E-state index in [0.717, 1.165) is 59.8 Å². The maximum atomic E-state index is 13.6. The van der Waals surface area contributed by atoms with Crippen molar-refractivity contribution in [2.75, 3.05) is 92.0 Å². The number of ether oxygens (including phenoxy) is 8. The lowest BCUT2D eigenvalue weighted by molar-refractivity contribution is -0.109. The quantitative estimate of drug-likeness (QED) is 0.158. The highest BCUT2D eigenvalue weighted by atomic mass is 16.6. The van der Waals surface area contributed by atoms with Gasteiger partial charge in [0.05, 0.1) is 64.0 Å². The number of hydrogen-bond donors (Lipinski definition) is 1. The van der Waals surface area contributed by atoms with Gasteiger partial charge in [0.25, 0.3) is 0 Å². The third-order valence-corrected chi connectivity index (χ3v) is 9.18. The van der Waals surface area contributed by atoms with Crippen LogP contribution in [0.1, 0.15) is 35.4 Å². The number of anilines is 1. The second kappa shape index (κ2) is 21.0. The summed E-state index contributed by atoms with van der Waals surface area (Å²) in [6.07, 6.45) is -0.588. The van der Waals surface area contributed by atoms with E-state index in [2.05, 4.69) is 11.0 Å². The Morgan fingerprint density at radius 3 is 2.33 bits per heavy atom. The molecule has 1 amide bonds. The molecule has 2 heterocycles. The Hall–Kier alpha value is -3.91. The van der Waals surface area contributed by atoms with Crippen LogP contribution in [0.15, 0.2) is 72.8 Å². The number of methoxy groups -OCH3 is 3. The van der Waals surface area contributed by atoms with E-state index in [1.807, 2.05) is 66.7 Å². The molecule has 1 N–H and O–H groups in total. The van der Waals surface area contributed by atoms with Crippen molar-refractivity contribution in [2.45, 2.75) is 50.3 Å². The number of carbonyl (C=O) groups excluding carboxylic acids is 1. The molecule has 5 rings (SSSR count). The molecule has 1 saturated heterocycles. The number of nitrogens with zero attached hydrogens (tertiary/aromatic N) is 2. The predicted molar refractivity (Wildman–Crippen MR) is 196 cm³/mol. The Morgan fingerprint density at radius 2 is 1.58 bits per heavy atom. The van der Waals surface area contributed by atoms with Crippen LogP contribution in [0.3, 0.4) is 0 Å². The highest BCUT2D eigenvalue weighted by molar-refractivity contribution is 5.68. The van der Waals surface area contributed by atoms with Crippen LogP contribution in [0.4, 0.5) is 10.5 Å². The van der Waals surface area contributed by atoms with Crippen LogP contribution in [-0.2, 0) is 41.6 Å². The molecule has 1 fully saturated rings. The van der Waals surface area contributed by atoms with E-state index in [9.17, 15) is 9.90 Å². The van der Waals surface area contributed by atoms with Crippen molar-refractivity contribution in [2.24, 2.45) is 0 Å². The molecule has 284 valence electrons. The van der Waals surface area contributed by atoms with Crippen molar-refractivity contribution >= 4 is 11.8 Å². The molecule has 0 radical (unpaired) electrons. The molecule has 0 spiro atoms. The first kappa shape index (κ1) is 39.3. The van der Waals surface area contributed by atoms with Crippen molar-refractivity contribution < 1.29 is 47.8 Å². The summed E-state index contributed by atoms with van der Waals surface area (Å²) in [6, 6.07) is 23.6. The normalized spacial score (nSPS) is 19.1. The Labute approximate surface area is 307 Å². The van der Waals surface area contributed by atoms with Crippen molar-refractivity contribution in [1.29, 1.82) is 0 Å². The van der Waals surface area contributed by atoms with Crippen LogP contribution >= 0.6 is 0 Å². The SMILES string of the molecule is COCCCOc1ccc([C@@H]2[C@@H](OCc3ccc4c(c3)N(CCCOC)CCO4)CN(C(=O)OCc3ccccc3)C[C@H]2OC[C@H](O)COC)cc1. The fourth-order valence-corrected chi connectivity index (χ4v) is 6.58. The van der Waals surface area contributed by atoms with Gasteiger partial charge in [0, 0.05) is 53.4 Å². The number of rotatable bonds is 20. The number of likely N-dealkylation sites (tertiary alicyclic amines) is 1. The van der Waals surface area contributed by atoms with E-state index in [1.165, 1.54) is 7.11 Å². The van der Waals surface area contributed by atoms with Gasteiger partial charge in [-0.05, 0) is 47.4 Å². The first-order chi connectivity index (χ1) is 25.5. The molecule has 52 heavy (non-hydrogen) atoms. The summed E-state index contributed by atoms with van der Waals surface area (Å²) in [5.74, 6) is 1.32. The Bertz CT molecular complexity index is 1480. The molecule has 3 aromatic carbocycles. The van der Waals surface area contributed by atoms with Crippen LogP contribution in [0.5, 0.6) is 11.5 Å². The predicted octanol–water partition coefficient (Wildman–Crippen LogP) is 5.05.